The number of halogens is 1. The van der Waals surface area contributed by atoms with Crippen LogP contribution in [0.5, 0.6) is 0 Å². The Morgan fingerprint density at radius 3 is 2.94 bits per heavy atom. The Hall–Kier alpha value is -1.75. The first-order valence-electron chi connectivity index (χ1n) is 5.49. The summed E-state index contributed by atoms with van der Waals surface area (Å²) >= 11 is 1.44. The smallest absolute Gasteiger partial charge is 0.303 e. The van der Waals surface area contributed by atoms with E-state index in [0.29, 0.717) is 12.0 Å². The quantitative estimate of drug-likeness (QED) is 0.923. The Balaban J connectivity index is 2.18. The van der Waals surface area contributed by atoms with Gasteiger partial charge < -0.3 is 5.11 Å². The van der Waals surface area contributed by atoms with Crippen molar-refractivity contribution in [3.05, 3.63) is 40.7 Å². The lowest BCUT2D eigenvalue weighted by Gasteiger charge is -1.99. The minimum absolute atomic E-state index is 0.0750. The number of thiazole rings is 1. The van der Waals surface area contributed by atoms with Crippen molar-refractivity contribution in [1.29, 1.82) is 0 Å². The summed E-state index contributed by atoms with van der Waals surface area (Å²) in [5.74, 6) is -1.07. The summed E-state index contributed by atoms with van der Waals surface area (Å²) < 4.78 is 13.1. The van der Waals surface area contributed by atoms with Crippen LogP contribution in [-0.2, 0) is 11.2 Å². The number of carboxylic acids is 1. The summed E-state index contributed by atoms with van der Waals surface area (Å²) in [6, 6.07) is 4.85. The van der Waals surface area contributed by atoms with Crippen LogP contribution in [0.1, 0.15) is 17.7 Å². The van der Waals surface area contributed by atoms with Gasteiger partial charge >= 0.3 is 5.97 Å². The summed E-state index contributed by atoms with van der Waals surface area (Å²) in [4.78, 5) is 14.8. The number of rotatable bonds is 4. The SMILES string of the molecule is Cc1cc(-c2nc(CCC(=O)O)cs2)ccc1F. The highest BCUT2D eigenvalue weighted by atomic mass is 32.1. The van der Waals surface area contributed by atoms with Crippen molar-refractivity contribution >= 4 is 17.3 Å². The molecule has 1 heterocycles. The molecule has 0 fully saturated rings. The molecule has 0 atom stereocenters. The van der Waals surface area contributed by atoms with Crippen molar-refractivity contribution in [3.8, 4) is 10.6 Å². The Morgan fingerprint density at radius 1 is 1.50 bits per heavy atom. The molecule has 2 rings (SSSR count). The van der Waals surface area contributed by atoms with Crippen molar-refractivity contribution in [3.63, 3.8) is 0 Å². The van der Waals surface area contributed by atoms with Crippen LogP contribution in [0.4, 0.5) is 4.39 Å². The molecule has 0 aliphatic heterocycles. The monoisotopic (exact) mass is 265 g/mol. The molecule has 0 amide bonds. The van der Waals surface area contributed by atoms with E-state index >= 15 is 0 Å². The molecule has 0 aliphatic rings. The van der Waals surface area contributed by atoms with Crippen LogP contribution in [0.2, 0.25) is 0 Å². The Kier molecular flexibility index (Phi) is 3.72. The molecular weight excluding hydrogens is 253 g/mol. The van der Waals surface area contributed by atoms with Gasteiger partial charge in [0.1, 0.15) is 10.8 Å². The molecule has 0 bridgehead atoms. The van der Waals surface area contributed by atoms with Crippen LogP contribution >= 0.6 is 11.3 Å². The predicted octanol–water partition coefficient (Wildman–Crippen LogP) is 3.27. The lowest BCUT2D eigenvalue weighted by Crippen LogP contribution is -1.97. The van der Waals surface area contributed by atoms with Crippen LogP contribution in [0.25, 0.3) is 10.6 Å². The van der Waals surface area contributed by atoms with Gasteiger partial charge in [0.15, 0.2) is 0 Å². The fourth-order valence-corrected chi connectivity index (χ4v) is 2.42. The number of carbonyl (C=O) groups is 1. The van der Waals surface area contributed by atoms with Crippen molar-refractivity contribution < 1.29 is 14.3 Å². The molecule has 94 valence electrons. The predicted molar refractivity (Wildman–Crippen MR) is 68.2 cm³/mol. The van der Waals surface area contributed by atoms with Crippen LogP contribution in [0.3, 0.4) is 0 Å². The van der Waals surface area contributed by atoms with Gasteiger partial charge in [-0.3, -0.25) is 4.79 Å². The number of hydrogen-bond donors (Lipinski definition) is 1. The molecule has 0 radical (unpaired) electrons. The van der Waals surface area contributed by atoms with Gasteiger partial charge in [-0.2, -0.15) is 0 Å². The molecule has 0 spiro atoms. The van der Waals surface area contributed by atoms with E-state index in [0.717, 1.165) is 16.3 Å². The number of hydrogen-bond acceptors (Lipinski definition) is 3. The van der Waals surface area contributed by atoms with Crippen molar-refractivity contribution in [2.24, 2.45) is 0 Å². The Labute approximate surface area is 108 Å². The Bertz CT molecular complexity index is 580. The minimum atomic E-state index is -0.831. The molecule has 1 aromatic heterocycles. The lowest BCUT2D eigenvalue weighted by molar-refractivity contribution is -0.136. The minimum Gasteiger partial charge on any atom is -0.481 e. The zero-order chi connectivity index (χ0) is 13.1. The van der Waals surface area contributed by atoms with Crippen LogP contribution in [0.15, 0.2) is 23.6 Å². The molecular formula is C13H12FNO2S. The maximum atomic E-state index is 13.1. The number of benzene rings is 1. The van der Waals surface area contributed by atoms with Crippen molar-refractivity contribution in [1.82, 2.24) is 4.98 Å². The molecule has 18 heavy (non-hydrogen) atoms. The van der Waals surface area contributed by atoms with E-state index in [-0.39, 0.29) is 12.2 Å². The lowest BCUT2D eigenvalue weighted by atomic mass is 10.1. The van der Waals surface area contributed by atoms with Crippen molar-refractivity contribution in [2.45, 2.75) is 19.8 Å². The fraction of sp³-hybridized carbons (Fsp3) is 0.231. The van der Waals surface area contributed by atoms with Crippen LogP contribution in [0, 0.1) is 12.7 Å². The van der Waals surface area contributed by atoms with E-state index in [4.69, 9.17) is 5.11 Å². The van der Waals surface area contributed by atoms with Gasteiger partial charge in [-0.15, -0.1) is 11.3 Å². The molecule has 3 nitrogen and oxygen atoms in total. The average molecular weight is 265 g/mol. The molecule has 1 aromatic carbocycles. The summed E-state index contributed by atoms with van der Waals surface area (Å²) in [5, 5.41) is 11.2. The number of aliphatic carboxylic acids is 1. The molecule has 0 aliphatic carbocycles. The summed E-state index contributed by atoms with van der Waals surface area (Å²) in [6.07, 6.45) is 0.498. The van der Waals surface area contributed by atoms with Gasteiger partial charge in [-0.25, -0.2) is 9.37 Å². The van der Waals surface area contributed by atoms with E-state index in [1.165, 1.54) is 17.4 Å². The first kappa shape index (κ1) is 12.7. The van der Waals surface area contributed by atoms with Crippen molar-refractivity contribution in [2.75, 3.05) is 0 Å². The average Bonchev–Trinajstić information content (AvgIpc) is 2.79. The van der Waals surface area contributed by atoms with Gasteiger partial charge in [-0.05, 0) is 30.7 Å². The highest BCUT2D eigenvalue weighted by Crippen LogP contribution is 2.25. The van der Waals surface area contributed by atoms with E-state index in [1.54, 1.807) is 19.1 Å². The van der Waals surface area contributed by atoms with Gasteiger partial charge in [0, 0.05) is 17.4 Å². The second kappa shape index (κ2) is 5.27. The number of aryl methyl sites for hydroxylation is 2. The van der Waals surface area contributed by atoms with E-state index in [1.807, 2.05) is 5.38 Å². The highest BCUT2D eigenvalue weighted by Gasteiger charge is 2.08. The Morgan fingerprint density at radius 2 is 2.28 bits per heavy atom. The molecule has 0 saturated heterocycles. The molecule has 2 aromatic rings. The third kappa shape index (κ3) is 2.92. The normalized spacial score (nSPS) is 10.6. The summed E-state index contributed by atoms with van der Waals surface area (Å²) in [6.45, 7) is 1.71. The third-order valence-electron chi connectivity index (χ3n) is 2.55. The standard InChI is InChI=1S/C13H12FNO2S/c1-8-6-9(2-4-11(8)14)13-15-10(7-18-13)3-5-12(16)17/h2,4,6-7H,3,5H2,1H3,(H,16,17). The molecule has 0 unspecified atom stereocenters. The highest BCUT2D eigenvalue weighted by molar-refractivity contribution is 7.13. The maximum absolute atomic E-state index is 13.1. The number of aromatic nitrogens is 1. The largest absolute Gasteiger partial charge is 0.481 e. The second-order valence-electron chi connectivity index (χ2n) is 4.00. The first-order valence-corrected chi connectivity index (χ1v) is 6.37. The third-order valence-corrected chi connectivity index (χ3v) is 3.49. The number of nitrogens with zero attached hydrogens (tertiary/aromatic N) is 1. The van der Waals surface area contributed by atoms with E-state index < -0.39 is 5.97 Å². The molecule has 1 N–H and O–H groups in total. The van der Waals surface area contributed by atoms with Crippen LogP contribution < -0.4 is 0 Å². The molecule has 5 heteroatoms. The van der Waals surface area contributed by atoms with Gasteiger partial charge in [-0.1, -0.05) is 0 Å². The van der Waals surface area contributed by atoms with Gasteiger partial charge in [0.2, 0.25) is 0 Å². The van der Waals surface area contributed by atoms with Gasteiger partial charge in [0.25, 0.3) is 0 Å². The number of carboxylic acid groups (broad SMARTS) is 1. The van der Waals surface area contributed by atoms with Crippen LogP contribution in [-0.4, -0.2) is 16.1 Å². The summed E-state index contributed by atoms with van der Waals surface area (Å²) in [7, 11) is 0. The second-order valence-corrected chi connectivity index (χ2v) is 4.86. The van der Waals surface area contributed by atoms with E-state index in [2.05, 4.69) is 4.98 Å². The van der Waals surface area contributed by atoms with E-state index in [9.17, 15) is 9.18 Å². The topological polar surface area (TPSA) is 50.2 Å². The zero-order valence-corrected chi connectivity index (χ0v) is 10.6. The molecule has 0 saturated carbocycles. The summed E-state index contributed by atoms with van der Waals surface area (Å²) in [5.41, 5.74) is 2.20. The maximum Gasteiger partial charge on any atom is 0.303 e. The van der Waals surface area contributed by atoms with Gasteiger partial charge in [0.05, 0.1) is 12.1 Å². The first-order chi connectivity index (χ1) is 8.56. The zero-order valence-electron chi connectivity index (χ0n) is 9.81. The fourth-order valence-electron chi connectivity index (χ4n) is 1.57.